The first-order valence-corrected chi connectivity index (χ1v) is 7.23. The molecule has 3 heteroatoms. The van der Waals surface area contributed by atoms with Gasteiger partial charge in [-0.1, -0.05) is 42.6 Å². The fourth-order valence-electron chi connectivity index (χ4n) is 1.77. The van der Waals surface area contributed by atoms with E-state index in [1.807, 2.05) is 60.7 Å². The predicted molar refractivity (Wildman–Crippen MR) is 73.6 cm³/mol. The van der Waals surface area contributed by atoms with Crippen LogP contribution < -0.4 is 34.4 Å². The minimum absolute atomic E-state index is 0. The van der Waals surface area contributed by atoms with Crippen molar-refractivity contribution in [2.75, 3.05) is 0 Å². The van der Waals surface area contributed by atoms with Crippen molar-refractivity contribution in [2.24, 2.45) is 0 Å². The fraction of sp³-hybridized carbons (Fsp3) is 0. The molecule has 0 saturated carbocycles. The maximum absolute atomic E-state index is 13.1. The molecule has 0 N–H and O–H groups in total. The number of allylic oxidation sites excluding steroid dienone is 1. The largest absolute Gasteiger partial charge is 1.00 e. The molecule has 0 bridgehead atoms. The Morgan fingerprint density at radius 1 is 0.889 bits per heavy atom. The van der Waals surface area contributed by atoms with Gasteiger partial charge in [-0.15, -0.1) is 0 Å². The van der Waals surface area contributed by atoms with E-state index in [1.165, 1.54) is 0 Å². The van der Waals surface area contributed by atoms with Gasteiger partial charge in [0.1, 0.15) is 0 Å². The first-order valence-electron chi connectivity index (χ1n) is 5.45. The Hall–Kier alpha value is -0.963. The molecule has 0 heterocycles. The van der Waals surface area contributed by atoms with E-state index >= 15 is 0 Å². The summed E-state index contributed by atoms with van der Waals surface area (Å²) < 4.78 is 0. The summed E-state index contributed by atoms with van der Waals surface area (Å²) in [6.07, 6.45) is 3.32. The van der Waals surface area contributed by atoms with Crippen molar-refractivity contribution in [3.8, 4) is 0 Å². The number of hydrogen-bond donors (Lipinski definition) is 0. The van der Waals surface area contributed by atoms with Gasteiger partial charge in [0.05, 0.1) is 10.6 Å². The van der Waals surface area contributed by atoms with Gasteiger partial charge >= 0.3 is 18.9 Å². The van der Waals surface area contributed by atoms with Crippen LogP contribution >= 0.6 is 7.49 Å². The summed E-state index contributed by atoms with van der Waals surface area (Å²) in [7, 11) is -2.67. The SMILES string of the molecule is C=C[CH-][P+]([O-])(c1ccccc1)c1ccccc1.[Li+]. The molecule has 1 nitrogen and oxygen atoms in total. The second-order valence-corrected chi connectivity index (χ2v) is 6.36. The minimum Gasteiger partial charge on any atom is -0.680 e. The van der Waals surface area contributed by atoms with Crippen LogP contribution in [0.3, 0.4) is 0 Å². The van der Waals surface area contributed by atoms with Crippen LogP contribution in [0.15, 0.2) is 73.3 Å². The van der Waals surface area contributed by atoms with Crippen molar-refractivity contribution in [1.82, 2.24) is 0 Å². The Balaban J connectivity index is 0.00000162. The topological polar surface area (TPSA) is 23.1 Å². The molecular weight excluding hydrogens is 234 g/mol. The van der Waals surface area contributed by atoms with Crippen LogP contribution in [0.2, 0.25) is 0 Å². The van der Waals surface area contributed by atoms with E-state index in [9.17, 15) is 4.89 Å². The summed E-state index contributed by atoms with van der Waals surface area (Å²) in [5.74, 6) is 0. The van der Waals surface area contributed by atoms with Gasteiger partial charge in [-0.05, 0) is 31.8 Å². The predicted octanol–water partition coefficient (Wildman–Crippen LogP) is -0.718. The summed E-state index contributed by atoms with van der Waals surface area (Å²) in [5.41, 5.74) is 0. The van der Waals surface area contributed by atoms with Gasteiger partial charge in [0.15, 0.2) is 0 Å². The van der Waals surface area contributed by atoms with E-state index in [0.717, 1.165) is 10.6 Å². The maximum Gasteiger partial charge on any atom is 1.00 e. The molecule has 0 radical (unpaired) electrons. The van der Waals surface area contributed by atoms with Gasteiger partial charge in [-0.3, -0.25) is 0 Å². The van der Waals surface area contributed by atoms with Crippen molar-refractivity contribution in [2.45, 2.75) is 0 Å². The van der Waals surface area contributed by atoms with Crippen LogP contribution in [0, 0.1) is 6.16 Å². The van der Waals surface area contributed by atoms with Crippen molar-refractivity contribution >= 4 is 18.1 Å². The average Bonchev–Trinajstić information content (AvgIpc) is 2.41. The van der Waals surface area contributed by atoms with Crippen molar-refractivity contribution in [1.29, 1.82) is 0 Å². The van der Waals surface area contributed by atoms with E-state index in [1.54, 1.807) is 12.2 Å². The Kier molecular flexibility index (Phi) is 5.73. The molecule has 0 unspecified atom stereocenters. The van der Waals surface area contributed by atoms with Gasteiger partial charge in [0.25, 0.3) is 0 Å². The van der Waals surface area contributed by atoms with E-state index < -0.39 is 7.49 Å². The first-order chi connectivity index (χ1) is 8.27. The molecule has 0 aromatic heterocycles. The van der Waals surface area contributed by atoms with Crippen molar-refractivity contribution < 1.29 is 23.8 Å². The maximum atomic E-state index is 13.1. The molecule has 0 aliphatic carbocycles. The molecule has 0 fully saturated rings. The first kappa shape index (κ1) is 15.1. The van der Waals surface area contributed by atoms with Gasteiger partial charge in [0.2, 0.25) is 0 Å². The van der Waals surface area contributed by atoms with Crippen LogP contribution in [0.1, 0.15) is 0 Å². The van der Waals surface area contributed by atoms with Crippen LogP contribution in [0.25, 0.3) is 0 Å². The van der Waals surface area contributed by atoms with E-state index in [0.29, 0.717) is 0 Å². The molecule has 0 saturated heterocycles. The third-order valence-electron chi connectivity index (χ3n) is 2.59. The quantitative estimate of drug-likeness (QED) is 0.398. The third kappa shape index (κ3) is 3.08. The van der Waals surface area contributed by atoms with Crippen LogP contribution in [0.5, 0.6) is 0 Å². The second-order valence-electron chi connectivity index (χ2n) is 3.71. The molecule has 0 amide bonds. The Labute approximate surface area is 121 Å². The molecule has 18 heavy (non-hydrogen) atoms. The summed E-state index contributed by atoms with van der Waals surface area (Å²) in [4.78, 5) is 13.1. The van der Waals surface area contributed by atoms with Crippen LogP contribution in [-0.2, 0) is 0 Å². The molecule has 0 aliphatic rings. The Bertz CT molecular complexity index is 445. The number of rotatable bonds is 4. The second kappa shape index (κ2) is 6.83. The Morgan fingerprint density at radius 3 is 1.61 bits per heavy atom. The van der Waals surface area contributed by atoms with E-state index in [4.69, 9.17) is 0 Å². The zero-order valence-corrected chi connectivity index (χ0v) is 11.4. The fourth-order valence-corrected chi connectivity index (χ4v) is 3.94. The summed E-state index contributed by atoms with van der Waals surface area (Å²) in [6, 6.07) is 19.1. The summed E-state index contributed by atoms with van der Waals surface area (Å²) in [6.45, 7) is 3.67. The zero-order chi connectivity index (χ0) is 12.1. The molecule has 0 atom stereocenters. The van der Waals surface area contributed by atoms with Gasteiger partial charge in [-0.25, -0.2) is 6.58 Å². The standard InChI is InChI=1S/C15H14OP.Li/c1-2-13-17(16,14-9-5-3-6-10-14)15-11-7-4-8-12-15;/h2-13H,1H2;/q-1;+1. The molecule has 2 aromatic carbocycles. The van der Waals surface area contributed by atoms with E-state index in [-0.39, 0.29) is 18.9 Å². The van der Waals surface area contributed by atoms with Gasteiger partial charge < -0.3 is 4.89 Å². The monoisotopic (exact) mass is 248 g/mol. The molecule has 0 spiro atoms. The van der Waals surface area contributed by atoms with Gasteiger partial charge in [-0.2, -0.15) is 6.08 Å². The van der Waals surface area contributed by atoms with Crippen LogP contribution in [0.4, 0.5) is 0 Å². The van der Waals surface area contributed by atoms with E-state index in [2.05, 4.69) is 6.58 Å². The Morgan fingerprint density at radius 2 is 1.28 bits per heavy atom. The molecule has 2 aromatic rings. The molecule has 0 aliphatic heterocycles. The van der Waals surface area contributed by atoms with Crippen molar-refractivity contribution in [3.63, 3.8) is 0 Å². The van der Waals surface area contributed by atoms with Crippen molar-refractivity contribution in [3.05, 3.63) is 79.5 Å². The molecule has 86 valence electrons. The van der Waals surface area contributed by atoms with Gasteiger partial charge in [0, 0.05) is 0 Å². The number of hydrogen-bond acceptors (Lipinski definition) is 1. The zero-order valence-electron chi connectivity index (χ0n) is 10.5. The summed E-state index contributed by atoms with van der Waals surface area (Å²) in [5, 5.41) is 1.68. The minimum atomic E-state index is -2.67. The van der Waals surface area contributed by atoms with Crippen LogP contribution in [-0.4, -0.2) is 0 Å². The molecular formula is C15H14LiOP. The normalized spacial score (nSPS) is 10.3. The molecule has 2 rings (SSSR count). The smallest absolute Gasteiger partial charge is 0.680 e. The number of benzene rings is 2. The third-order valence-corrected chi connectivity index (χ3v) is 5.36. The average molecular weight is 248 g/mol. The summed E-state index contributed by atoms with van der Waals surface area (Å²) >= 11 is 0.